The van der Waals surface area contributed by atoms with E-state index in [-0.39, 0.29) is 0 Å². The molecule has 10 rings (SSSR count). The van der Waals surface area contributed by atoms with Crippen LogP contribution in [0.1, 0.15) is 0 Å². The van der Waals surface area contributed by atoms with Gasteiger partial charge in [-0.25, -0.2) is 0 Å². The zero-order chi connectivity index (χ0) is 29.5. The maximum atomic E-state index is 6.49. The lowest BCUT2D eigenvalue weighted by atomic mass is 9.90. The minimum Gasteiger partial charge on any atom is -0.454 e. The molecule has 0 saturated heterocycles. The smallest absolute Gasteiger partial charge is 0.161 e. The Morgan fingerprint density at radius 2 is 0.778 bits per heavy atom. The van der Waals surface area contributed by atoms with Crippen molar-refractivity contribution >= 4 is 66.2 Å². The van der Waals surface area contributed by atoms with E-state index in [1.54, 1.807) is 0 Å². The first kappa shape index (κ1) is 24.2. The molecule has 6 heteroatoms. The monoisotopic (exact) mass is 579 g/mol. The van der Waals surface area contributed by atoms with Gasteiger partial charge in [0.1, 0.15) is 33.3 Å². The fourth-order valence-corrected chi connectivity index (χ4v) is 6.63. The summed E-state index contributed by atoms with van der Waals surface area (Å²) in [5.41, 5.74) is 13.0. The molecule has 0 saturated carbocycles. The van der Waals surface area contributed by atoms with Gasteiger partial charge in [0.15, 0.2) is 16.7 Å². The Hall–Kier alpha value is -6.27. The average Bonchev–Trinajstić information content (AvgIpc) is 3.79. The van der Waals surface area contributed by atoms with E-state index in [1.165, 1.54) is 0 Å². The van der Waals surface area contributed by atoms with E-state index in [2.05, 4.69) is 23.2 Å². The number of para-hydroxylation sites is 3. The lowest BCUT2D eigenvalue weighted by molar-refractivity contribution is 0.668. The van der Waals surface area contributed by atoms with E-state index in [0.29, 0.717) is 0 Å². The summed E-state index contributed by atoms with van der Waals surface area (Å²) < 4.78 is 19.3. The molecule has 0 unspecified atom stereocenters. The molecular weight excluding hydrogens is 558 g/mol. The molecule has 6 heterocycles. The van der Waals surface area contributed by atoms with Gasteiger partial charge in [-0.1, -0.05) is 48.5 Å². The molecule has 0 fully saturated rings. The van der Waals surface area contributed by atoms with Crippen molar-refractivity contribution in [3.05, 3.63) is 128 Å². The number of rotatable bonds is 3. The van der Waals surface area contributed by atoms with E-state index < -0.39 is 0 Å². The van der Waals surface area contributed by atoms with Crippen molar-refractivity contribution in [3.8, 4) is 33.4 Å². The topological polar surface area (TPSA) is 78.1 Å². The fraction of sp³-hybridized carbons (Fsp3) is 0. The van der Waals surface area contributed by atoms with Crippen LogP contribution in [0.15, 0.2) is 141 Å². The molecule has 6 aromatic heterocycles. The normalized spacial score (nSPS) is 12.0. The fourth-order valence-electron chi connectivity index (χ4n) is 6.63. The molecule has 10 aromatic rings. The van der Waals surface area contributed by atoms with Crippen LogP contribution in [0.4, 0.5) is 0 Å². The molecule has 0 spiro atoms. The third-order valence-corrected chi connectivity index (χ3v) is 8.69. The van der Waals surface area contributed by atoms with Gasteiger partial charge in [0, 0.05) is 51.4 Å². The Morgan fingerprint density at radius 1 is 0.356 bits per heavy atom. The van der Waals surface area contributed by atoms with Crippen LogP contribution < -0.4 is 0 Å². The van der Waals surface area contributed by atoms with E-state index >= 15 is 0 Å². The molecule has 0 bridgehead atoms. The molecule has 6 nitrogen and oxygen atoms in total. The van der Waals surface area contributed by atoms with Gasteiger partial charge in [-0.3, -0.25) is 15.0 Å². The second kappa shape index (κ2) is 9.11. The Labute approximate surface area is 255 Å². The first-order chi connectivity index (χ1) is 22.3. The van der Waals surface area contributed by atoms with Crippen LogP contribution in [0.3, 0.4) is 0 Å². The third-order valence-electron chi connectivity index (χ3n) is 8.69. The zero-order valence-electron chi connectivity index (χ0n) is 23.7. The SMILES string of the molecule is c1ccc2c(c1)oc1c(-c3ccc(-c4ccnc5c4oc4ccccc45)c(-c4ccnc5c4oc4ccccc45)c3)ccnc12. The predicted molar refractivity (Wildman–Crippen MR) is 178 cm³/mol. The van der Waals surface area contributed by atoms with Crippen LogP contribution in [-0.4, -0.2) is 15.0 Å². The third kappa shape index (κ3) is 3.48. The minimum absolute atomic E-state index is 0.732. The van der Waals surface area contributed by atoms with Crippen molar-refractivity contribution < 1.29 is 13.3 Å². The van der Waals surface area contributed by atoms with Crippen molar-refractivity contribution in [1.82, 2.24) is 15.0 Å². The van der Waals surface area contributed by atoms with Crippen LogP contribution in [0.5, 0.6) is 0 Å². The standard InChI is InChI=1S/C39H21N3O3/c1-4-10-31-27(7-1)34-37(43-31)23(15-18-40-34)22-13-14-24(25-16-19-41-35-28-8-2-5-11-32(28)44-38(25)35)30(21-22)26-17-20-42-36-29-9-3-6-12-33(29)45-39(26)36/h1-21H. The highest BCUT2D eigenvalue weighted by Gasteiger charge is 2.22. The highest BCUT2D eigenvalue weighted by molar-refractivity contribution is 6.12. The van der Waals surface area contributed by atoms with Crippen molar-refractivity contribution in [1.29, 1.82) is 0 Å². The average molecular weight is 580 g/mol. The number of pyridine rings is 3. The molecule has 45 heavy (non-hydrogen) atoms. The lowest BCUT2D eigenvalue weighted by Crippen LogP contribution is -1.91. The van der Waals surface area contributed by atoms with Crippen molar-refractivity contribution in [3.63, 3.8) is 0 Å². The highest BCUT2D eigenvalue weighted by atomic mass is 16.3. The summed E-state index contributed by atoms with van der Waals surface area (Å²) >= 11 is 0. The number of fused-ring (bicyclic) bond motifs is 9. The molecular formula is C39H21N3O3. The lowest BCUT2D eigenvalue weighted by Gasteiger charge is -2.14. The Bertz CT molecular complexity index is 2790. The van der Waals surface area contributed by atoms with Crippen molar-refractivity contribution in [2.24, 2.45) is 0 Å². The molecule has 0 atom stereocenters. The second-order valence-corrected chi connectivity index (χ2v) is 11.2. The van der Waals surface area contributed by atoms with Crippen LogP contribution in [-0.2, 0) is 0 Å². The van der Waals surface area contributed by atoms with E-state index in [1.807, 2.05) is 110 Å². The molecule has 0 amide bonds. The Balaban J connectivity index is 1.29. The first-order valence-corrected chi connectivity index (χ1v) is 14.8. The van der Waals surface area contributed by atoms with E-state index in [9.17, 15) is 0 Å². The largest absolute Gasteiger partial charge is 0.454 e. The van der Waals surface area contributed by atoms with Crippen LogP contribution in [0.25, 0.3) is 99.6 Å². The summed E-state index contributed by atoms with van der Waals surface area (Å²) in [6, 6.07) is 36.6. The Kier molecular flexibility index (Phi) is 4.90. The van der Waals surface area contributed by atoms with Crippen molar-refractivity contribution in [2.75, 3.05) is 0 Å². The van der Waals surface area contributed by atoms with Gasteiger partial charge in [0.05, 0.1) is 0 Å². The van der Waals surface area contributed by atoms with Crippen LogP contribution in [0, 0.1) is 0 Å². The molecule has 0 aliphatic carbocycles. The van der Waals surface area contributed by atoms with Gasteiger partial charge in [-0.15, -0.1) is 0 Å². The quantitative estimate of drug-likeness (QED) is 0.207. The van der Waals surface area contributed by atoms with Crippen LogP contribution in [0.2, 0.25) is 0 Å². The predicted octanol–water partition coefficient (Wildman–Crippen LogP) is 10.6. The van der Waals surface area contributed by atoms with Gasteiger partial charge in [0.2, 0.25) is 0 Å². The van der Waals surface area contributed by atoms with Gasteiger partial charge >= 0.3 is 0 Å². The minimum atomic E-state index is 0.732. The maximum absolute atomic E-state index is 6.49. The summed E-state index contributed by atoms with van der Waals surface area (Å²) in [5, 5.41) is 2.96. The van der Waals surface area contributed by atoms with Gasteiger partial charge in [-0.2, -0.15) is 0 Å². The van der Waals surface area contributed by atoms with Crippen molar-refractivity contribution in [2.45, 2.75) is 0 Å². The molecule has 0 aliphatic heterocycles. The number of aromatic nitrogens is 3. The van der Waals surface area contributed by atoms with Gasteiger partial charge in [0.25, 0.3) is 0 Å². The number of hydrogen-bond acceptors (Lipinski definition) is 6. The molecule has 0 radical (unpaired) electrons. The Morgan fingerprint density at radius 3 is 1.29 bits per heavy atom. The second-order valence-electron chi connectivity index (χ2n) is 11.2. The summed E-state index contributed by atoms with van der Waals surface area (Å²) in [6.45, 7) is 0. The zero-order valence-corrected chi connectivity index (χ0v) is 23.7. The van der Waals surface area contributed by atoms with E-state index in [0.717, 1.165) is 99.6 Å². The summed E-state index contributed by atoms with van der Waals surface area (Å²) in [5.74, 6) is 0. The number of hydrogen-bond donors (Lipinski definition) is 0. The molecule has 4 aromatic carbocycles. The highest BCUT2D eigenvalue weighted by Crippen LogP contribution is 2.44. The number of nitrogens with zero attached hydrogens (tertiary/aromatic N) is 3. The summed E-state index contributed by atoms with van der Waals surface area (Å²) in [4.78, 5) is 14.1. The molecule has 210 valence electrons. The summed E-state index contributed by atoms with van der Waals surface area (Å²) in [7, 11) is 0. The van der Waals surface area contributed by atoms with Gasteiger partial charge in [-0.05, 0) is 77.4 Å². The molecule has 0 N–H and O–H groups in total. The maximum Gasteiger partial charge on any atom is 0.161 e. The number of furan rings is 3. The van der Waals surface area contributed by atoms with Crippen LogP contribution >= 0.6 is 0 Å². The molecule has 0 aliphatic rings. The van der Waals surface area contributed by atoms with Gasteiger partial charge < -0.3 is 13.3 Å². The first-order valence-electron chi connectivity index (χ1n) is 14.8. The summed E-state index contributed by atoms with van der Waals surface area (Å²) in [6.07, 6.45) is 5.54. The number of benzene rings is 4. The van der Waals surface area contributed by atoms with E-state index in [4.69, 9.17) is 23.2 Å².